The molecule has 0 radical (unpaired) electrons. The lowest BCUT2D eigenvalue weighted by Gasteiger charge is -2.52. The minimum atomic E-state index is -1.88. The number of methoxy groups -OCH3 is 1. The zero-order chi connectivity index (χ0) is 31.7. The fourth-order valence-corrected chi connectivity index (χ4v) is 7.66. The Morgan fingerprint density at radius 1 is 0.909 bits per heavy atom. The first-order chi connectivity index (χ1) is 21.0. The number of nitriles is 1. The lowest BCUT2D eigenvalue weighted by molar-refractivity contribution is -0.163. The number of piperazine rings is 1. The Labute approximate surface area is 262 Å². The second-order valence-electron chi connectivity index (χ2n) is 10.6. The van der Waals surface area contributed by atoms with Crippen molar-refractivity contribution < 1.29 is 33.4 Å². The maximum absolute atomic E-state index is 14.7. The van der Waals surface area contributed by atoms with Gasteiger partial charge in [0.25, 0.3) is 11.8 Å². The highest BCUT2D eigenvalue weighted by Crippen LogP contribution is 2.62. The molecule has 0 aliphatic carbocycles. The van der Waals surface area contributed by atoms with Crippen molar-refractivity contribution >= 4 is 45.9 Å². The lowest BCUT2D eigenvalue weighted by Crippen LogP contribution is -2.71. The van der Waals surface area contributed by atoms with Gasteiger partial charge in [-0.1, -0.05) is 36.4 Å². The van der Waals surface area contributed by atoms with E-state index in [1.807, 2.05) is 0 Å². The topological polar surface area (TPSA) is 139 Å². The fourth-order valence-electron chi connectivity index (χ4n) is 5.50. The summed E-state index contributed by atoms with van der Waals surface area (Å²) in [5.74, 6) is -0.506. The first kappa shape index (κ1) is 30.9. The van der Waals surface area contributed by atoms with Gasteiger partial charge in [0, 0.05) is 25.7 Å². The molecular weight excluding hydrogens is 604 g/mol. The Kier molecular flexibility index (Phi) is 8.33. The number of para-hydroxylation sites is 2. The number of rotatable bonds is 6. The molecule has 5 rings (SSSR count). The fraction of sp³-hybridized carbons (Fsp3) is 0.290. The van der Waals surface area contributed by atoms with E-state index in [2.05, 4.69) is 11.1 Å². The average molecular weight is 633 g/mol. The molecule has 2 amide bonds. The van der Waals surface area contributed by atoms with Crippen LogP contribution in [-0.2, 0) is 9.59 Å². The van der Waals surface area contributed by atoms with Crippen LogP contribution in [0.5, 0.6) is 17.4 Å². The average Bonchev–Trinajstić information content (AvgIpc) is 3.29. The van der Waals surface area contributed by atoms with Crippen molar-refractivity contribution in [2.24, 2.45) is 5.41 Å². The third-order valence-electron chi connectivity index (χ3n) is 7.71. The molecule has 2 fully saturated rings. The Bertz CT molecular complexity index is 1640. The van der Waals surface area contributed by atoms with Crippen LogP contribution in [-0.4, -0.2) is 61.1 Å². The first-order valence-corrected chi connectivity index (χ1v) is 15.1. The summed E-state index contributed by atoms with van der Waals surface area (Å²) in [5.41, 5.74) is -0.915. The van der Waals surface area contributed by atoms with Gasteiger partial charge in [0.15, 0.2) is 9.74 Å². The highest BCUT2D eigenvalue weighted by molar-refractivity contribution is 8.15. The van der Waals surface area contributed by atoms with Crippen LogP contribution >= 0.6 is 23.5 Å². The number of hydrogen-bond acceptors (Lipinski definition) is 11. The molecule has 0 bridgehead atoms. The summed E-state index contributed by atoms with van der Waals surface area (Å²) in [6, 6.07) is 21.1. The van der Waals surface area contributed by atoms with Crippen LogP contribution in [0.2, 0.25) is 0 Å². The quantitative estimate of drug-likeness (QED) is 0.312. The van der Waals surface area contributed by atoms with Crippen LogP contribution < -0.4 is 14.2 Å². The maximum Gasteiger partial charge on any atom is 0.375 e. The molecule has 1 unspecified atom stereocenters. The van der Waals surface area contributed by atoms with E-state index in [0.717, 1.165) is 4.90 Å². The number of nitrogens with zero attached hydrogens (tertiary/aromatic N) is 4. The van der Waals surface area contributed by atoms with Gasteiger partial charge in [-0.05, 0) is 73.3 Å². The molecule has 4 atom stereocenters. The Morgan fingerprint density at radius 2 is 1.48 bits per heavy atom. The molecule has 2 aromatic carbocycles. The monoisotopic (exact) mass is 632 g/mol. The third-order valence-corrected chi connectivity index (χ3v) is 9.91. The largest absolute Gasteiger partial charge is 0.481 e. The minimum Gasteiger partial charge on any atom is -0.481 e. The summed E-state index contributed by atoms with van der Waals surface area (Å²) in [6.07, 6.45) is 1.26. The molecule has 44 heavy (non-hydrogen) atoms. The summed E-state index contributed by atoms with van der Waals surface area (Å²) in [6.45, 7) is 3.06. The summed E-state index contributed by atoms with van der Waals surface area (Å²) in [7, 11) is 2.84. The van der Waals surface area contributed by atoms with E-state index in [1.165, 1.54) is 32.2 Å². The number of amides is 2. The van der Waals surface area contributed by atoms with Crippen molar-refractivity contribution in [2.45, 2.75) is 36.1 Å². The zero-order valence-corrected chi connectivity index (χ0v) is 25.9. The predicted molar refractivity (Wildman–Crippen MR) is 163 cm³/mol. The van der Waals surface area contributed by atoms with Gasteiger partial charge in [-0.15, -0.1) is 0 Å². The van der Waals surface area contributed by atoms with E-state index in [-0.39, 0.29) is 17.9 Å². The Hall–Kier alpha value is -4.54. The number of thioether (sulfide) groups is 2. The number of carbonyl (C=O) groups excluding carboxylic acids is 4. The van der Waals surface area contributed by atoms with Gasteiger partial charge in [0.05, 0.1) is 24.6 Å². The van der Waals surface area contributed by atoms with Crippen LogP contribution in [0.4, 0.5) is 9.59 Å². The van der Waals surface area contributed by atoms with Crippen molar-refractivity contribution in [3.8, 4) is 23.4 Å². The number of fused-ring (bicyclic) bond motifs is 1. The molecule has 226 valence electrons. The Balaban J connectivity index is 1.59. The van der Waals surface area contributed by atoms with E-state index in [9.17, 15) is 24.4 Å². The number of hydrogen-bond donors (Lipinski definition) is 0. The van der Waals surface area contributed by atoms with Crippen LogP contribution in [0, 0.1) is 16.7 Å². The lowest BCUT2D eigenvalue weighted by atomic mass is 9.80. The minimum absolute atomic E-state index is 0.203. The van der Waals surface area contributed by atoms with Gasteiger partial charge >= 0.3 is 10.6 Å². The second kappa shape index (κ2) is 11.9. The number of ether oxygens (including phenoxy) is 3. The summed E-state index contributed by atoms with van der Waals surface area (Å²) < 4.78 is 16.1. The maximum atomic E-state index is 14.7. The smallest absolute Gasteiger partial charge is 0.375 e. The van der Waals surface area contributed by atoms with Crippen molar-refractivity contribution in [3.63, 3.8) is 0 Å². The van der Waals surface area contributed by atoms with E-state index >= 15 is 0 Å². The first-order valence-electron chi connectivity index (χ1n) is 13.4. The highest BCUT2D eigenvalue weighted by Gasteiger charge is 2.72. The van der Waals surface area contributed by atoms with Crippen molar-refractivity contribution in [1.29, 1.82) is 5.26 Å². The number of benzene rings is 2. The van der Waals surface area contributed by atoms with Gasteiger partial charge < -0.3 is 24.0 Å². The molecule has 3 aromatic rings. The van der Waals surface area contributed by atoms with Gasteiger partial charge in [0.2, 0.25) is 5.88 Å². The van der Waals surface area contributed by atoms with Crippen molar-refractivity contribution in [1.82, 2.24) is 14.8 Å². The molecule has 3 heterocycles. The molecule has 0 N–H and O–H groups in total. The Morgan fingerprint density at radius 3 is 1.98 bits per heavy atom. The van der Waals surface area contributed by atoms with E-state index in [1.54, 1.807) is 79.7 Å². The summed E-state index contributed by atoms with van der Waals surface area (Å²) in [4.78, 5) is 58.7. The highest BCUT2D eigenvalue weighted by atomic mass is 32.2. The van der Waals surface area contributed by atoms with Crippen LogP contribution in [0.15, 0.2) is 79.0 Å². The van der Waals surface area contributed by atoms with Crippen LogP contribution in [0.3, 0.4) is 0 Å². The molecule has 2 aliphatic rings. The molecule has 2 saturated heterocycles. The van der Waals surface area contributed by atoms with Gasteiger partial charge in [-0.3, -0.25) is 9.59 Å². The molecule has 0 spiro atoms. The zero-order valence-electron chi connectivity index (χ0n) is 24.3. The predicted octanol–water partition coefficient (Wildman–Crippen LogP) is 5.64. The van der Waals surface area contributed by atoms with Crippen LogP contribution in [0.1, 0.15) is 31.9 Å². The SMILES string of the molecule is COc1ccc(C2N3C(=O)[C@](C)(SC(=O)Oc4ccccc4)N(C)C(=O)[C@@]3(SC(=O)Oc3ccccc3)C[C@]2(C)C#N)cn1. The van der Waals surface area contributed by atoms with Crippen molar-refractivity contribution in [3.05, 3.63) is 84.6 Å². The van der Waals surface area contributed by atoms with Crippen LogP contribution in [0.25, 0.3) is 0 Å². The summed E-state index contributed by atoms with van der Waals surface area (Å²) in [5, 5.41) is 8.84. The number of pyridine rings is 1. The number of carbonyl (C=O) groups is 4. The number of likely N-dealkylation sites (N-methyl/N-ethyl adjacent to an activating group) is 1. The second-order valence-corrected chi connectivity index (χ2v) is 13.1. The molecule has 11 nitrogen and oxygen atoms in total. The molecular formula is C31H28N4O7S2. The molecule has 13 heteroatoms. The molecule has 0 saturated carbocycles. The summed E-state index contributed by atoms with van der Waals surface area (Å²) >= 11 is 1.05. The van der Waals surface area contributed by atoms with E-state index < -0.39 is 43.6 Å². The van der Waals surface area contributed by atoms with E-state index in [4.69, 9.17) is 14.2 Å². The normalized spacial score (nSPS) is 26.0. The van der Waals surface area contributed by atoms with Gasteiger partial charge in [-0.25, -0.2) is 14.6 Å². The molecule has 2 aliphatic heterocycles. The number of aromatic nitrogens is 1. The van der Waals surface area contributed by atoms with Gasteiger partial charge in [-0.2, -0.15) is 5.26 Å². The van der Waals surface area contributed by atoms with E-state index in [0.29, 0.717) is 35.0 Å². The van der Waals surface area contributed by atoms with Crippen molar-refractivity contribution in [2.75, 3.05) is 14.2 Å². The molecule has 1 aromatic heterocycles. The standard InChI is InChI=1S/C31H28N4O7S2/c1-29(19-32)18-31(44-28(39)42-22-13-9-6-10-14-22)26(37)34(3)30(2,43-27(38)41-21-11-7-5-8-12-21)25(36)35(31)24(29)20-15-16-23(40-4)33-17-20/h5-17,24H,18H2,1-4H3/t24?,29-,30+,31+/m1/s1. The van der Waals surface area contributed by atoms with Gasteiger partial charge in [0.1, 0.15) is 11.5 Å². The third kappa shape index (κ3) is 5.35.